The minimum absolute atomic E-state index is 0.00429. The first-order chi connectivity index (χ1) is 21.0. The van der Waals surface area contributed by atoms with Crippen LogP contribution in [0.3, 0.4) is 0 Å². The fraction of sp³-hybridized carbons (Fsp3) is 0.207. The molecule has 43 heavy (non-hydrogen) atoms. The first-order valence-electron chi connectivity index (χ1n) is 13.5. The van der Waals surface area contributed by atoms with Gasteiger partial charge in [0.15, 0.2) is 4.34 Å². The summed E-state index contributed by atoms with van der Waals surface area (Å²) in [4.78, 5) is 33.3. The molecule has 6 aromatic rings. The van der Waals surface area contributed by atoms with E-state index in [-0.39, 0.29) is 18.2 Å². The summed E-state index contributed by atoms with van der Waals surface area (Å²) in [5, 5.41) is 8.94. The topological polar surface area (TPSA) is 137 Å². The molecule has 0 spiro atoms. The molecular weight excluding hydrogens is 607 g/mol. The fourth-order valence-electron chi connectivity index (χ4n) is 4.92. The molecule has 11 nitrogen and oxygen atoms in total. The Hall–Kier alpha value is -4.24. The molecular formula is C29H25N7O4S3. The van der Waals surface area contributed by atoms with Crippen LogP contribution in [0.5, 0.6) is 5.75 Å². The molecule has 218 valence electrons. The van der Waals surface area contributed by atoms with Gasteiger partial charge in [-0.25, -0.2) is 19.2 Å². The molecule has 2 atom stereocenters. The summed E-state index contributed by atoms with van der Waals surface area (Å²) in [6.07, 6.45) is 5.90. The highest BCUT2D eigenvalue weighted by molar-refractivity contribution is 7.87. The molecule has 0 radical (unpaired) electrons. The number of anilines is 2. The number of nitrogens with one attached hydrogen (secondary N) is 2. The predicted octanol–water partition coefficient (Wildman–Crippen LogP) is 4.97. The van der Waals surface area contributed by atoms with E-state index in [0.717, 1.165) is 35.8 Å². The Morgan fingerprint density at radius 1 is 1.19 bits per heavy atom. The molecule has 0 saturated carbocycles. The Balaban J connectivity index is 1.26. The Bertz CT molecular complexity index is 1980. The molecule has 7 rings (SSSR count). The van der Waals surface area contributed by atoms with Gasteiger partial charge >= 0.3 is 0 Å². The quantitative estimate of drug-likeness (QED) is 0.225. The van der Waals surface area contributed by atoms with Crippen LogP contribution < -0.4 is 20.9 Å². The molecule has 6 heterocycles. The minimum atomic E-state index is -1.55. The maximum atomic E-state index is 14.0. The van der Waals surface area contributed by atoms with Crippen molar-refractivity contribution in [3.63, 3.8) is 0 Å². The molecule has 0 bridgehead atoms. The highest BCUT2D eigenvalue weighted by Gasteiger charge is 2.22. The van der Waals surface area contributed by atoms with Gasteiger partial charge in [0, 0.05) is 40.3 Å². The Labute approximate surface area is 256 Å². The van der Waals surface area contributed by atoms with Crippen LogP contribution in [0.25, 0.3) is 22.3 Å². The number of nitrogens with zero attached hydrogens (tertiary/aromatic N) is 5. The Morgan fingerprint density at radius 3 is 2.81 bits per heavy atom. The van der Waals surface area contributed by atoms with Crippen LogP contribution in [0, 0.1) is 6.92 Å². The van der Waals surface area contributed by atoms with Gasteiger partial charge in [0.2, 0.25) is 5.95 Å². The van der Waals surface area contributed by atoms with Gasteiger partial charge in [-0.1, -0.05) is 0 Å². The van der Waals surface area contributed by atoms with E-state index in [1.165, 1.54) is 33.5 Å². The van der Waals surface area contributed by atoms with Crippen LogP contribution in [-0.4, -0.2) is 47.9 Å². The highest BCUT2D eigenvalue weighted by Crippen LogP contribution is 2.28. The van der Waals surface area contributed by atoms with Crippen molar-refractivity contribution in [1.82, 2.24) is 29.8 Å². The van der Waals surface area contributed by atoms with Crippen LogP contribution in [0.2, 0.25) is 0 Å². The van der Waals surface area contributed by atoms with Crippen molar-refractivity contribution in [2.24, 2.45) is 0 Å². The van der Waals surface area contributed by atoms with Gasteiger partial charge in [-0.3, -0.25) is 9.36 Å². The standard InChI is InChI=1S/C29H25N7O4S3/c1-17-25(33-16-42-17)22-12-18-13-32-28(34-19-2-4-20(5-3-19)40-21-6-8-30-14-21)35-26(18)36(27(22)37)15-23-24(7-10-39-23)43(38)29-31-9-11-41-29/h2-5,7,9-13,16,21,30H,6,8,14-15H2,1H3,(H,32,34,35). The van der Waals surface area contributed by atoms with Crippen molar-refractivity contribution in [3.05, 3.63) is 86.9 Å². The average molecular weight is 632 g/mol. The van der Waals surface area contributed by atoms with Gasteiger partial charge < -0.3 is 19.8 Å². The smallest absolute Gasteiger partial charge is 0.262 e. The van der Waals surface area contributed by atoms with E-state index in [0.29, 0.717) is 43.2 Å². The SMILES string of the molecule is Cc1scnc1-c1cc2cnc(Nc3ccc(OC4CCNC4)cc3)nc2n(Cc2occc2S(=O)c2nccs2)c1=O. The molecule has 14 heteroatoms. The second-order valence-electron chi connectivity index (χ2n) is 9.84. The molecule has 1 fully saturated rings. The number of hydrogen-bond donors (Lipinski definition) is 2. The molecule has 1 aliphatic rings. The van der Waals surface area contributed by atoms with E-state index in [9.17, 15) is 9.00 Å². The van der Waals surface area contributed by atoms with Crippen molar-refractivity contribution >= 4 is 56.1 Å². The monoisotopic (exact) mass is 631 g/mol. The number of aryl methyl sites for hydroxylation is 1. The maximum Gasteiger partial charge on any atom is 0.262 e. The first-order valence-corrected chi connectivity index (χ1v) is 16.4. The Kier molecular flexibility index (Phi) is 7.57. The van der Waals surface area contributed by atoms with E-state index >= 15 is 0 Å². The maximum absolute atomic E-state index is 14.0. The lowest BCUT2D eigenvalue weighted by molar-refractivity contribution is 0.223. The zero-order valence-electron chi connectivity index (χ0n) is 22.9. The molecule has 1 saturated heterocycles. The van der Waals surface area contributed by atoms with Crippen molar-refractivity contribution in [2.75, 3.05) is 18.4 Å². The third-order valence-electron chi connectivity index (χ3n) is 7.03. The zero-order chi connectivity index (χ0) is 29.3. The number of pyridine rings is 1. The lowest BCUT2D eigenvalue weighted by Gasteiger charge is -2.14. The fourth-order valence-corrected chi connectivity index (χ4v) is 7.49. The number of hydrogen-bond acceptors (Lipinski definition) is 12. The number of thiazole rings is 2. The van der Waals surface area contributed by atoms with Gasteiger partial charge in [-0.15, -0.1) is 22.7 Å². The molecule has 2 N–H and O–H groups in total. The largest absolute Gasteiger partial charge is 0.489 e. The van der Waals surface area contributed by atoms with E-state index in [4.69, 9.17) is 14.1 Å². The average Bonchev–Trinajstić information content (AvgIpc) is 3.84. The first kappa shape index (κ1) is 27.6. The lowest BCUT2D eigenvalue weighted by atomic mass is 10.1. The van der Waals surface area contributed by atoms with Gasteiger partial charge in [0.25, 0.3) is 5.56 Å². The van der Waals surface area contributed by atoms with Crippen molar-refractivity contribution in [3.8, 4) is 17.0 Å². The predicted molar refractivity (Wildman–Crippen MR) is 166 cm³/mol. The molecule has 1 aliphatic heterocycles. The number of benzene rings is 1. The summed E-state index contributed by atoms with van der Waals surface area (Å²) in [5.74, 6) is 1.49. The summed E-state index contributed by atoms with van der Waals surface area (Å²) in [5.41, 5.74) is 3.62. The number of ether oxygens (including phenoxy) is 1. The van der Waals surface area contributed by atoms with Crippen molar-refractivity contribution < 1.29 is 13.4 Å². The highest BCUT2D eigenvalue weighted by atomic mass is 32.2. The van der Waals surface area contributed by atoms with Gasteiger partial charge in [0.05, 0.1) is 34.5 Å². The minimum Gasteiger partial charge on any atom is -0.489 e. The van der Waals surface area contributed by atoms with Gasteiger partial charge in [-0.05, 0) is 56.3 Å². The Morgan fingerprint density at radius 2 is 2.07 bits per heavy atom. The number of rotatable bonds is 9. The summed E-state index contributed by atoms with van der Waals surface area (Å²) in [6, 6.07) is 11.0. The summed E-state index contributed by atoms with van der Waals surface area (Å²) in [7, 11) is -1.55. The normalized spacial score (nSPS) is 15.6. The number of aromatic nitrogens is 5. The second-order valence-corrected chi connectivity index (χ2v) is 13.4. The number of fused-ring (bicyclic) bond motifs is 1. The van der Waals surface area contributed by atoms with E-state index < -0.39 is 10.8 Å². The molecule has 1 aromatic carbocycles. The second kappa shape index (κ2) is 11.8. The summed E-state index contributed by atoms with van der Waals surface area (Å²) >= 11 is 2.76. The van der Waals surface area contributed by atoms with Crippen molar-refractivity contribution in [1.29, 1.82) is 0 Å². The lowest BCUT2D eigenvalue weighted by Crippen LogP contribution is -2.24. The van der Waals surface area contributed by atoms with Gasteiger partial charge in [-0.2, -0.15) is 4.98 Å². The van der Waals surface area contributed by atoms with E-state index in [1.807, 2.05) is 31.2 Å². The van der Waals surface area contributed by atoms with Crippen LogP contribution >= 0.6 is 22.7 Å². The molecule has 0 amide bonds. The molecule has 0 aliphatic carbocycles. The number of furan rings is 1. The molecule has 2 unspecified atom stereocenters. The summed E-state index contributed by atoms with van der Waals surface area (Å²) < 4.78 is 27.0. The van der Waals surface area contributed by atoms with E-state index in [1.54, 1.807) is 35.4 Å². The van der Waals surface area contributed by atoms with E-state index in [2.05, 4.69) is 25.6 Å². The van der Waals surface area contributed by atoms with Crippen LogP contribution in [0.4, 0.5) is 11.6 Å². The van der Waals surface area contributed by atoms with Crippen LogP contribution in [0.1, 0.15) is 17.1 Å². The van der Waals surface area contributed by atoms with Gasteiger partial charge in [0.1, 0.15) is 34.1 Å². The van der Waals surface area contributed by atoms with Crippen LogP contribution in [0.15, 0.2) is 84.4 Å². The van der Waals surface area contributed by atoms with Crippen LogP contribution in [-0.2, 0) is 17.3 Å². The molecule has 5 aromatic heterocycles. The summed E-state index contributed by atoms with van der Waals surface area (Å²) in [6.45, 7) is 3.73. The third-order valence-corrected chi connectivity index (χ3v) is 10.3. The zero-order valence-corrected chi connectivity index (χ0v) is 25.3. The van der Waals surface area contributed by atoms with Crippen molar-refractivity contribution in [2.45, 2.75) is 35.2 Å². The third kappa shape index (κ3) is 5.61.